The highest BCUT2D eigenvalue weighted by Crippen LogP contribution is 2.28. The van der Waals surface area contributed by atoms with Crippen LogP contribution in [-0.4, -0.2) is 36.2 Å². The highest BCUT2D eigenvalue weighted by molar-refractivity contribution is 5.91. The Labute approximate surface area is 140 Å². The first kappa shape index (κ1) is 16.3. The normalized spacial score (nSPS) is 14.5. The third-order valence-corrected chi connectivity index (χ3v) is 3.67. The molecule has 0 atom stereocenters. The second-order valence-electron chi connectivity index (χ2n) is 5.52. The summed E-state index contributed by atoms with van der Waals surface area (Å²) in [6.45, 7) is 3.19. The molecule has 0 spiro atoms. The number of oxazole rings is 1. The van der Waals surface area contributed by atoms with E-state index >= 15 is 0 Å². The molecule has 128 valence electrons. The van der Waals surface area contributed by atoms with Gasteiger partial charge in [0.25, 0.3) is 5.91 Å². The average molecular weight is 332 g/mol. The molecule has 0 radical (unpaired) electrons. The van der Waals surface area contributed by atoms with Crippen LogP contribution in [0.15, 0.2) is 28.9 Å². The fraction of sp³-hybridized carbons (Fsp3) is 0.412. The summed E-state index contributed by atoms with van der Waals surface area (Å²) < 4.78 is 16.3. The van der Waals surface area contributed by atoms with E-state index in [1.165, 1.54) is 11.3 Å². The van der Waals surface area contributed by atoms with Gasteiger partial charge in [-0.05, 0) is 37.5 Å². The van der Waals surface area contributed by atoms with Crippen molar-refractivity contribution < 1.29 is 23.5 Å². The van der Waals surface area contributed by atoms with Crippen LogP contribution in [0.3, 0.4) is 0 Å². The van der Waals surface area contributed by atoms with Crippen LogP contribution in [0.1, 0.15) is 34.8 Å². The lowest BCUT2D eigenvalue weighted by molar-refractivity contribution is -0.144. The SMILES string of the molecule is COc1cc(C)ccc1OCc1nc(C(=O)N2CCCCO2)co1. The van der Waals surface area contributed by atoms with Gasteiger partial charge in [0.15, 0.2) is 23.8 Å². The summed E-state index contributed by atoms with van der Waals surface area (Å²) in [6.07, 6.45) is 3.21. The first-order valence-corrected chi connectivity index (χ1v) is 7.84. The Morgan fingerprint density at radius 2 is 2.21 bits per heavy atom. The molecule has 0 bridgehead atoms. The largest absolute Gasteiger partial charge is 0.493 e. The predicted molar refractivity (Wildman–Crippen MR) is 84.8 cm³/mol. The lowest BCUT2D eigenvalue weighted by Crippen LogP contribution is -2.35. The first-order chi connectivity index (χ1) is 11.7. The Bertz CT molecular complexity index is 707. The van der Waals surface area contributed by atoms with E-state index < -0.39 is 0 Å². The molecule has 1 amide bonds. The van der Waals surface area contributed by atoms with Gasteiger partial charge in [0.05, 0.1) is 13.7 Å². The molecule has 2 aromatic rings. The molecule has 24 heavy (non-hydrogen) atoms. The zero-order valence-corrected chi connectivity index (χ0v) is 13.8. The number of hydrogen-bond acceptors (Lipinski definition) is 6. The number of aromatic nitrogens is 1. The van der Waals surface area contributed by atoms with E-state index in [9.17, 15) is 4.79 Å². The molecule has 7 nitrogen and oxygen atoms in total. The molecule has 2 heterocycles. The summed E-state index contributed by atoms with van der Waals surface area (Å²) in [5, 5.41) is 1.33. The number of aryl methyl sites for hydroxylation is 1. The number of hydrogen-bond donors (Lipinski definition) is 0. The lowest BCUT2D eigenvalue weighted by Gasteiger charge is -2.24. The number of nitrogens with zero attached hydrogens (tertiary/aromatic N) is 2. The van der Waals surface area contributed by atoms with E-state index in [-0.39, 0.29) is 18.2 Å². The van der Waals surface area contributed by atoms with Crippen molar-refractivity contribution in [2.24, 2.45) is 0 Å². The maximum atomic E-state index is 12.2. The van der Waals surface area contributed by atoms with Gasteiger partial charge in [0, 0.05) is 6.54 Å². The van der Waals surface area contributed by atoms with Crippen LogP contribution < -0.4 is 9.47 Å². The van der Waals surface area contributed by atoms with Crippen LogP contribution >= 0.6 is 0 Å². The van der Waals surface area contributed by atoms with Crippen LogP contribution in [0.2, 0.25) is 0 Å². The number of carbonyl (C=O) groups is 1. The highest BCUT2D eigenvalue weighted by Gasteiger charge is 2.22. The van der Waals surface area contributed by atoms with Crippen molar-refractivity contribution in [3.8, 4) is 11.5 Å². The third kappa shape index (κ3) is 3.68. The van der Waals surface area contributed by atoms with Crippen molar-refractivity contribution in [2.45, 2.75) is 26.4 Å². The van der Waals surface area contributed by atoms with Crippen molar-refractivity contribution in [1.29, 1.82) is 0 Å². The van der Waals surface area contributed by atoms with Crippen molar-refractivity contribution >= 4 is 5.91 Å². The van der Waals surface area contributed by atoms with Gasteiger partial charge in [-0.1, -0.05) is 6.07 Å². The fourth-order valence-electron chi connectivity index (χ4n) is 2.39. The van der Waals surface area contributed by atoms with Crippen molar-refractivity contribution in [3.05, 3.63) is 41.6 Å². The molecular weight excluding hydrogens is 312 g/mol. The zero-order chi connectivity index (χ0) is 16.9. The number of methoxy groups -OCH3 is 1. The van der Waals surface area contributed by atoms with Gasteiger partial charge in [-0.15, -0.1) is 0 Å². The van der Waals surface area contributed by atoms with E-state index in [4.69, 9.17) is 18.7 Å². The number of ether oxygens (including phenoxy) is 2. The minimum Gasteiger partial charge on any atom is -0.493 e. The van der Waals surface area contributed by atoms with E-state index in [1.807, 2.05) is 25.1 Å². The Kier molecular flexibility index (Phi) is 5.00. The molecule has 1 aliphatic rings. The van der Waals surface area contributed by atoms with Crippen LogP contribution in [0.5, 0.6) is 11.5 Å². The van der Waals surface area contributed by atoms with E-state index in [1.54, 1.807) is 7.11 Å². The molecule has 0 aliphatic carbocycles. The van der Waals surface area contributed by atoms with Crippen LogP contribution in [0.25, 0.3) is 0 Å². The van der Waals surface area contributed by atoms with Crippen molar-refractivity contribution in [2.75, 3.05) is 20.3 Å². The average Bonchev–Trinajstić information content (AvgIpc) is 3.09. The van der Waals surface area contributed by atoms with Gasteiger partial charge < -0.3 is 13.9 Å². The van der Waals surface area contributed by atoms with Gasteiger partial charge in [-0.2, -0.15) is 0 Å². The van der Waals surface area contributed by atoms with Gasteiger partial charge >= 0.3 is 0 Å². The first-order valence-electron chi connectivity index (χ1n) is 7.84. The molecule has 0 saturated carbocycles. The molecule has 7 heteroatoms. The quantitative estimate of drug-likeness (QED) is 0.838. The van der Waals surface area contributed by atoms with Gasteiger partial charge in [-0.25, -0.2) is 10.0 Å². The number of amides is 1. The van der Waals surface area contributed by atoms with Gasteiger partial charge in [0.2, 0.25) is 5.89 Å². The molecule has 1 fully saturated rings. The number of hydroxylamine groups is 2. The maximum Gasteiger partial charge on any atom is 0.299 e. The molecule has 0 unspecified atom stereocenters. The molecule has 1 saturated heterocycles. The van der Waals surface area contributed by atoms with Crippen LogP contribution in [0.4, 0.5) is 0 Å². The number of rotatable bonds is 5. The Balaban J connectivity index is 1.63. The number of benzene rings is 1. The molecule has 1 aromatic carbocycles. The predicted octanol–water partition coefficient (Wildman–Crippen LogP) is 2.74. The minimum absolute atomic E-state index is 0.105. The second kappa shape index (κ2) is 7.35. The Morgan fingerprint density at radius 1 is 1.33 bits per heavy atom. The Hall–Kier alpha value is -2.54. The fourth-order valence-corrected chi connectivity index (χ4v) is 2.39. The van der Waals surface area contributed by atoms with E-state index in [0.717, 1.165) is 18.4 Å². The topological polar surface area (TPSA) is 74.0 Å². The molecule has 3 rings (SSSR count). The zero-order valence-electron chi connectivity index (χ0n) is 13.8. The third-order valence-electron chi connectivity index (χ3n) is 3.67. The molecular formula is C17H20N2O5. The monoisotopic (exact) mass is 332 g/mol. The van der Waals surface area contributed by atoms with E-state index in [0.29, 0.717) is 30.5 Å². The second-order valence-corrected chi connectivity index (χ2v) is 5.52. The van der Waals surface area contributed by atoms with Crippen molar-refractivity contribution in [1.82, 2.24) is 10.0 Å². The summed E-state index contributed by atoms with van der Waals surface area (Å²) in [5.74, 6) is 1.25. The van der Waals surface area contributed by atoms with Gasteiger partial charge in [-0.3, -0.25) is 9.63 Å². The summed E-state index contributed by atoms with van der Waals surface area (Å²) in [4.78, 5) is 21.7. The summed E-state index contributed by atoms with van der Waals surface area (Å²) >= 11 is 0. The molecule has 1 aromatic heterocycles. The van der Waals surface area contributed by atoms with E-state index in [2.05, 4.69) is 4.98 Å². The van der Waals surface area contributed by atoms with Gasteiger partial charge in [0.1, 0.15) is 6.26 Å². The standard InChI is InChI=1S/C17H20N2O5/c1-12-5-6-14(15(9-12)21-2)22-11-16-18-13(10-23-16)17(20)19-7-3-4-8-24-19/h5-6,9-10H,3-4,7-8,11H2,1-2H3. The summed E-state index contributed by atoms with van der Waals surface area (Å²) in [5.41, 5.74) is 1.29. The molecule has 0 N–H and O–H groups in total. The molecule has 1 aliphatic heterocycles. The smallest absolute Gasteiger partial charge is 0.299 e. The summed E-state index contributed by atoms with van der Waals surface area (Å²) in [7, 11) is 1.59. The Morgan fingerprint density at radius 3 is 2.96 bits per heavy atom. The maximum absolute atomic E-state index is 12.2. The highest BCUT2D eigenvalue weighted by atomic mass is 16.7. The lowest BCUT2D eigenvalue weighted by atomic mass is 10.2. The minimum atomic E-state index is -0.294. The van der Waals surface area contributed by atoms with Crippen LogP contribution in [-0.2, 0) is 11.4 Å². The number of carbonyl (C=O) groups excluding carboxylic acids is 1. The van der Waals surface area contributed by atoms with Crippen molar-refractivity contribution in [3.63, 3.8) is 0 Å². The van der Waals surface area contributed by atoms with Crippen LogP contribution in [0, 0.1) is 6.92 Å². The summed E-state index contributed by atoms with van der Waals surface area (Å²) in [6, 6.07) is 5.63.